The number of hydrogen-bond acceptors (Lipinski definition) is 10. The van der Waals surface area contributed by atoms with Crippen molar-refractivity contribution in [2.45, 2.75) is 71.9 Å². The maximum Gasteiger partial charge on any atom is 0.410 e. The fourth-order valence-electron chi connectivity index (χ4n) is 6.84. The van der Waals surface area contributed by atoms with E-state index in [4.69, 9.17) is 29.3 Å². The molecule has 1 fully saturated rings. The zero-order valence-electron chi connectivity index (χ0n) is 31.4. The number of ether oxygens (including phenoxy) is 3. The average molecular weight is 715 g/mol. The Bertz CT molecular complexity index is 1790. The second kappa shape index (κ2) is 16.0. The van der Waals surface area contributed by atoms with Crippen molar-refractivity contribution >= 4 is 36.6 Å². The molecule has 4 aromatic rings. The number of aromatic nitrogens is 4. The molecular formula is C38H54N8O4Si. The van der Waals surface area contributed by atoms with Gasteiger partial charge in [-0.15, -0.1) is 0 Å². The third-order valence-electron chi connectivity index (χ3n) is 9.52. The van der Waals surface area contributed by atoms with Gasteiger partial charge in [0.2, 0.25) is 0 Å². The lowest BCUT2D eigenvalue weighted by Gasteiger charge is -2.38. The molecule has 4 heterocycles. The van der Waals surface area contributed by atoms with Crippen molar-refractivity contribution in [3.8, 4) is 6.01 Å². The van der Waals surface area contributed by atoms with Crippen LogP contribution in [0, 0.1) is 6.92 Å². The number of likely N-dealkylation sites (N-methyl/N-ethyl adjacent to an activating group) is 1. The van der Waals surface area contributed by atoms with Crippen LogP contribution in [0.15, 0.2) is 48.7 Å². The quantitative estimate of drug-likeness (QED) is 0.125. The Labute approximate surface area is 303 Å². The molecule has 6 rings (SSSR count). The molecule has 0 N–H and O–H groups in total. The van der Waals surface area contributed by atoms with Crippen LogP contribution in [-0.4, -0.2) is 110 Å². The zero-order valence-corrected chi connectivity index (χ0v) is 32.4. The van der Waals surface area contributed by atoms with Crippen molar-refractivity contribution < 1.29 is 19.0 Å². The highest BCUT2D eigenvalue weighted by atomic mass is 28.3. The van der Waals surface area contributed by atoms with E-state index in [1.165, 1.54) is 11.3 Å². The van der Waals surface area contributed by atoms with Crippen LogP contribution in [0.25, 0.3) is 10.9 Å². The number of rotatable bonds is 13. The van der Waals surface area contributed by atoms with Crippen LogP contribution in [0.3, 0.4) is 0 Å². The maximum absolute atomic E-state index is 12.9. The Balaban J connectivity index is 1.20. The van der Waals surface area contributed by atoms with Crippen LogP contribution >= 0.6 is 0 Å². The van der Waals surface area contributed by atoms with Gasteiger partial charge >= 0.3 is 12.1 Å². The number of aryl methyl sites for hydroxylation is 1. The lowest BCUT2D eigenvalue weighted by atomic mass is 10.0. The van der Waals surface area contributed by atoms with E-state index in [2.05, 4.69) is 53.4 Å². The fourth-order valence-corrected chi connectivity index (χ4v) is 7.59. The van der Waals surface area contributed by atoms with Crippen molar-refractivity contribution in [1.29, 1.82) is 0 Å². The summed E-state index contributed by atoms with van der Waals surface area (Å²) in [6.07, 6.45) is 2.40. The highest BCUT2D eigenvalue weighted by Crippen LogP contribution is 2.36. The van der Waals surface area contributed by atoms with E-state index in [0.29, 0.717) is 45.5 Å². The maximum atomic E-state index is 12.9. The van der Waals surface area contributed by atoms with Gasteiger partial charge in [0.05, 0.1) is 29.6 Å². The highest BCUT2D eigenvalue weighted by Gasteiger charge is 2.31. The third kappa shape index (κ3) is 9.18. The van der Waals surface area contributed by atoms with E-state index >= 15 is 0 Å². The van der Waals surface area contributed by atoms with Gasteiger partial charge in [0.1, 0.15) is 25.3 Å². The Hall–Kier alpha value is -4.20. The largest absolute Gasteiger partial charge is 0.459 e. The number of carbonyl (C=O) groups excluding carboxylic acids is 1. The van der Waals surface area contributed by atoms with Crippen molar-refractivity contribution in [3.05, 3.63) is 71.0 Å². The first-order chi connectivity index (χ1) is 24.4. The van der Waals surface area contributed by atoms with E-state index in [1.807, 2.05) is 62.2 Å². The summed E-state index contributed by atoms with van der Waals surface area (Å²) in [6, 6.07) is 15.6. The van der Waals surface area contributed by atoms with E-state index in [-0.39, 0.29) is 18.8 Å². The first-order valence-electron chi connectivity index (χ1n) is 18.1. The van der Waals surface area contributed by atoms with Crippen LogP contribution in [0.1, 0.15) is 29.3 Å². The van der Waals surface area contributed by atoms with Gasteiger partial charge in [0.15, 0.2) is 0 Å². The van der Waals surface area contributed by atoms with E-state index in [9.17, 15) is 4.79 Å². The van der Waals surface area contributed by atoms with Gasteiger partial charge in [-0.3, -0.25) is 0 Å². The molecule has 2 aromatic carbocycles. The Morgan fingerprint density at radius 2 is 1.75 bits per heavy atom. The van der Waals surface area contributed by atoms with Crippen LogP contribution in [0.5, 0.6) is 6.01 Å². The smallest absolute Gasteiger partial charge is 0.410 e. The Kier molecular flexibility index (Phi) is 11.5. The van der Waals surface area contributed by atoms with Crippen LogP contribution < -0.4 is 14.5 Å². The molecule has 2 aromatic heterocycles. The molecule has 51 heavy (non-hydrogen) atoms. The van der Waals surface area contributed by atoms with Gasteiger partial charge in [-0.1, -0.05) is 56.0 Å². The molecule has 13 heteroatoms. The van der Waals surface area contributed by atoms with Crippen molar-refractivity contribution in [2.24, 2.45) is 0 Å². The molecular weight excluding hydrogens is 661 g/mol. The monoisotopic (exact) mass is 714 g/mol. The number of fused-ring (bicyclic) bond motifs is 2. The van der Waals surface area contributed by atoms with Gasteiger partial charge in [-0.05, 0) is 57.6 Å². The van der Waals surface area contributed by atoms with Gasteiger partial charge in [0.25, 0.3) is 0 Å². The molecule has 1 saturated heterocycles. The van der Waals surface area contributed by atoms with Gasteiger partial charge < -0.3 is 33.8 Å². The normalized spacial score (nSPS) is 15.7. The summed E-state index contributed by atoms with van der Waals surface area (Å²) in [4.78, 5) is 31.6. The van der Waals surface area contributed by atoms with Crippen LogP contribution in [0.4, 0.5) is 16.3 Å². The van der Waals surface area contributed by atoms with Crippen LogP contribution in [-0.2, 0) is 35.8 Å². The van der Waals surface area contributed by atoms with Gasteiger partial charge in [-0.2, -0.15) is 15.1 Å². The molecule has 12 nitrogen and oxygen atoms in total. The SMILES string of the molecule is Cc1ccc2c(cnn2COCC[Si](C)(C)C)c1N1CCc2c(nc(O[C@H](C)CN(C)C)nc2N2CCN(C(=O)OCc3ccccc3)CC2)C1. The molecule has 1 amide bonds. The minimum Gasteiger partial charge on any atom is -0.459 e. The number of hydrogen-bond donors (Lipinski definition) is 0. The lowest BCUT2D eigenvalue weighted by Crippen LogP contribution is -2.49. The first-order valence-corrected chi connectivity index (χ1v) is 21.9. The summed E-state index contributed by atoms with van der Waals surface area (Å²) in [7, 11) is 2.90. The van der Waals surface area contributed by atoms with E-state index in [0.717, 1.165) is 65.7 Å². The second-order valence-corrected chi connectivity index (χ2v) is 20.9. The average Bonchev–Trinajstić information content (AvgIpc) is 3.50. The summed E-state index contributed by atoms with van der Waals surface area (Å²) in [6.45, 7) is 17.4. The van der Waals surface area contributed by atoms with Gasteiger partial charge in [0, 0.05) is 64.9 Å². The number of anilines is 2. The molecule has 0 saturated carbocycles. The molecule has 0 unspecified atom stereocenters. The summed E-state index contributed by atoms with van der Waals surface area (Å²) in [5.41, 5.74) is 6.55. The first kappa shape index (κ1) is 36.6. The Morgan fingerprint density at radius 3 is 2.47 bits per heavy atom. The van der Waals surface area contributed by atoms with E-state index in [1.54, 1.807) is 4.90 Å². The van der Waals surface area contributed by atoms with E-state index < -0.39 is 8.07 Å². The predicted molar refractivity (Wildman–Crippen MR) is 204 cm³/mol. The van der Waals surface area contributed by atoms with Crippen molar-refractivity contribution in [1.82, 2.24) is 29.5 Å². The highest BCUT2D eigenvalue weighted by molar-refractivity contribution is 6.76. The zero-order chi connectivity index (χ0) is 36.1. The van der Waals surface area contributed by atoms with Gasteiger partial charge in [-0.25, -0.2) is 9.48 Å². The molecule has 2 aliphatic rings. The summed E-state index contributed by atoms with van der Waals surface area (Å²) >= 11 is 0. The lowest BCUT2D eigenvalue weighted by molar-refractivity contribution is 0.0817. The molecule has 0 aliphatic carbocycles. The van der Waals surface area contributed by atoms with Crippen LogP contribution in [0.2, 0.25) is 25.7 Å². The molecule has 1 atom stereocenters. The Morgan fingerprint density at radius 1 is 0.980 bits per heavy atom. The minimum atomic E-state index is -1.17. The molecule has 0 spiro atoms. The number of benzene rings is 2. The summed E-state index contributed by atoms with van der Waals surface area (Å²) < 4.78 is 20.0. The number of carbonyl (C=O) groups is 1. The number of piperazine rings is 1. The second-order valence-electron chi connectivity index (χ2n) is 15.3. The van der Waals surface area contributed by atoms with Crippen molar-refractivity contribution in [3.63, 3.8) is 0 Å². The summed E-state index contributed by atoms with van der Waals surface area (Å²) in [5, 5.41) is 5.86. The summed E-state index contributed by atoms with van der Waals surface area (Å²) in [5.74, 6) is 0.905. The minimum absolute atomic E-state index is 0.0865. The van der Waals surface area contributed by atoms with Crippen molar-refractivity contribution in [2.75, 3.05) is 69.8 Å². The predicted octanol–water partition coefficient (Wildman–Crippen LogP) is 5.80. The number of nitrogens with zero attached hydrogens (tertiary/aromatic N) is 8. The molecule has 0 bridgehead atoms. The fraction of sp³-hybridized carbons (Fsp3) is 0.526. The standard InChI is InChI=1S/C38H54N8O4Si/c1-28-13-14-34-32(23-39-46(34)27-48-21-22-51(5,6)7)35(28)45-16-15-31-33(25-45)40-37(50-29(2)24-42(3)4)41-36(31)43-17-19-44(20-18-43)38(47)49-26-30-11-9-8-10-12-30/h8-14,23,29H,15-22,24-27H2,1-7H3/t29-/m1/s1. The number of amides is 1. The molecule has 2 aliphatic heterocycles. The third-order valence-corrected chi connectivity index (χ3v) is 11.2. The molecule has 274 valence electrons. The molecule has 0 radical (unpaired) electrons. The topological polar surface area (TPSA) is 101 Å².